The number of carbonyl (C=O) groups excluding carboxylic acids is 1. The van der Waals surface area contributed by atoms with Crippen molar-refractivity contribution in [3.05, 3.63) is 76.8 Å². The zero-order chi connectivity index (χ0) is 22.2. The van der Waals surface area contributed by atoms with E-state index >= 15 is 0 Å². The normalized spacial score (nSPS) is 12.4. The number of fused-ring (bicyclic) bond motifs is 2. The molecule has 0 N–H and O–H groups in total. The lowest BCUT2D eigenvalue weighted by molar-refractivity contribution is -0.115. The second-order valence-corrected chi connectivity index (χ2v) is 9.80. The molecule has 32 heavy (non-hydrogen) atoms. The number of tetrazole rings is 1. The topological polar surface area (TPSA) is 63.9 Å². The SMILES string of the molecule is Cc1ccc(-n2nnnc2SCC(=O)N2c3ccccc3Sc3ccc(Cl)cc32)cc1C. The lowest BCUT2D eigenvalue weighted by atomic mass is 10.1. The Hall–Kier alpha value is -2.81. The molecule has 6 nitrogen and oxygen atoms in total. The number of anilines is 2. The Kier molecular flexibility index (Phi) is 5.67. The molecule has 0 bridgehead atoms. The molecule has 1 aliphatic rings. The number of thioether (sulfide) groups is 1. The van der Waals surface area contributed by atoms with Gasteiger partial charge in [0.25, 0.3) is 0 Å². The minimum Gasteiger partial charge on any atom is -0.278 e. The maximum atomic E-state index is 13.5. The molecule has 1 aliphatic heterocycles. The van der Waals surface area contributed by atoms with Crippen LogP contribution in [0.15, 0.2) is 75.6 Å². The standard InChI is InChI=1S/C23H18ClN5OS2/c1-14-7-9-17(11-15(14)2)29-23(25-26-27-29)31-13-22(30)28-18-5-3-4-6-20(18)32-21-10-8-16(24)12-19(21)28/h3-12H,13H2,1-2H3. The number of hydrogen-bond donors (Lipinski definition) is 0. The molecule has 0 aliphatic carbocycles. The van der Waals surface area contributed by atoms with E-state index in [4.69, 9.17) is 11.6 Å². The lowest BCUT2D eigenvalue weighted by Gasteiger charge is -2.31. The summed E-state index contributed by atoms with van der Waals surface area (Å²) >= 11 is 9.21. The van der Waals surface area contributed by atoms with Crippen molar-refractivity contribution in [2.75, 3.05) is 10.7 Å². The van der Waals surface area contributed by atoms with E-state index in [1.165, 1.54) is 17.3 Å². The smallest absolute Gasteiger partial charge is 0.242 e. The zero-order valence-electron chi connectivity index (χ0n) is 17.3. The van der Waals surface area contributed by atoms with Gasteiger partial charge in [-0.15, -0.1) is 5.10 Å². The van der Waals surface area contributed by atoms with E-state index in [1.807, 2.05) is 67.6 Å². The van der Waals surface area contributed by atoms with Crippen LogP contribution in [0, 0.1) is 13.8 Å². The minimum absolute atomic E-state index is 0.0686. The van der Waals surface area contributed by atoms with Crippen molar-refractivity contribution < 1.29 is 4.79 Å². The Morgan fingerprint density at radius 2 is 1.81 bits per heavy atom. The molecule has 1 amide bonds. The van der Waals surface area contributed by atoms with Crippen molar-refractivity contribution in [1.29, 1.82) is 0 Å². The van der Waals surface area contributed by atoms with Crippen LogP contribution < -0.4 is 4.90 Å². The number of nitrogens with zero attached hydrogens (tertiary/aromatic N) is 5. The second kappa shape index (κ2) is 8.61. The third-order valence-electron chi connectivity index (χ3n) is 5.24. The number of benzene rings is 3. The second-order valence-electron chi connectivity index (χ2n) is 7.34. The molecule has 2 heterocycles. The summed E-state index contributed by atoms with van der Waals surface area (Å²) in [5, 5.41) is 13.2. The Morgan fingerprint density at radius 3 is 2.66 bits per heavy atom. The molecule has 3 aromatic carbocycles. The molecule has 0 saturated carbocycles. The molecule has 0 saturated heterocycles. The quantitative estimate of drug-likeness (QED) is 0.342. The summed E-state index contributed by atoms with van der Waals surface area (Å²) in [6.45, 7) is 4.11. The highest BCUT2D eigenvalue weighted by molar-refractivity contribution is 8.00. The van der Waals surface area contributed by atoms with Gasteiger partial charge >= 0.3 is 0 Å². The van der Waals surface area contributed by atoms with Gasteiger partial charge in [-0.2, -0.15) is 4.68 Å². The molecule has 4 aromatic rings. The van der Waals surface area contributed by atoms with Crippen LogP contribution in [-0.2, 0) is 4.79 Å². The summed E-state index contributed by atoms with van der Waals surface area (Å²) in [7, 11) is 0. The van der Waals surface area contributed by atoms with Crippen molar-refractivity contribution in [2.45, 2.75) is 28.8 Å². The number of carbonyl (C=O) groups is 1. The van der Waals surface area contributed by atoms with E-state index < -0.39 is 0 Å². The number of amides is 1. The first-order valence-electron chi connectivity index (χ1n) is 9.89. The van der Waals surface area contributed by atoms with E-state index in [1.54, 1.807) is 21.3 Å². The van der Waals surface area contributed by atoms with Gasteiger partial charge in [-0.25, -0.2) is 0 Å². The van der Waals surface area contributed by atoms with Crippen LogP contribution in [0.4, 0.5) is 11.4 Å². The van der Waals surface area contributed by atoms with E-state index in [2.05, 4.69) is 22.4 Å². The van der Waals surface area contributed by atoms with E-state index in [0.717, 1.165) is 32.4 Å². The summed E-state index contributed by atoms with van der Waals surface area (Å²) in [4.78, 5) is 17.2. The molecule has 160 valence electrons. The lowest BCUT2D eigenvalue weighted by Crippen LogP contribution is -2.30. The van der Waals surface area contributed by atoms with Crippen LogP contribution in [0.1, 0.15) is 11.1 Å². The minimum atomic E-state index is -0.0686. The molecule has 0 spiro atoms. The molecule has 0 atom stereocenters. The summed E-state index contributed by atoms with van der Waals surface area (Å²) in [5.41, 5.74) is 4.86. The van der Waals surface area contributed by atoms with Crippen molar-refractivity contribution >= 4 is 52.4 Å². The van der Waals surface area contributed by atoms with Gasteiger partial charge in [-0.3, -0.25) is 9.69 Å². The summed E-state index contributed by atoms with van der Waals surface area (Å²) < 4.78 is 1.66. The van der Waals surface area contributed by atoms with Crippen LogP contribution in [-0.4, -0.2) is 31.9 Å². The summed E-state index contributed by atoms with van der Waals surface area (Å²) in [5.74, 6) is 0.108. The number of rotatable bonds is 4. The first-order valence-corrected chi connectivity index (χ1v) is 12.1. The van der Waals surface area contributed by atoms with Crippen LogP contribution in [0.3, 0.4) is 0 Å². The summed E-state index contributed by atoms with van der Waals surface area (Å²) in [6.07, 6.45) is 0. The molecule has 9 heteroatoms. The maximum Gasteiger partial charge on any atom is 0.242 e. The van der Waals surface area contributed by atoms with Crippen molar-refractivity contribution in [2.24, 2.45) is 0 Å². The first kappa shape index (κ1) is 21.1. The van der Waals surface area contributed by atoms with Crippen LogP contribution in [0.25, 0.3) is 5.69 Å². The molecular weight excluding hydrogens is 462 g/mol. The van der Waals surface area contributed by atoms with Crippen LogP contribution >= 0.6 is 35.1 Å². The fraction of sp³-hybridized carbons (Fsp3) is 0.130. The predicted octanol–water partition coefficient (Wildman–Crippen LogP) is 5.85. The highest BCUT2D eigenvalue weighted by Crippen LogP contribution is 2.49. The largest absolute Gasteiger partial charge is 0.278 e. The Morgan fingerprint density at radius 1 is 1.00 bits per heavy atom. The van der Waals surface area contributed by atoms with Gasteiger partial charge in [-0.1, -0.05) is 53.3 Å². The number of hydrogen-bond acceptors (Lipinski definition) is 6. The Balaban J connectivity index is 1.43. The highest BCUT2D eigenvalue weighted by Gasteiger charge is 2.28. The Labute approximate surface area is 199 Å². The molecular formula is C23H18ClN5OS2. The molecule has 1 aromatic heterocycles. The van der Waals surface area contributed by atoms with Gasteiger partial charge < -0.3 is 0 Å². The van der Waals surface area contributed by atoms with Gasteiger partial charge in [0, 0.05) is 14.8 Å². The van der Waals surface area contributed by atoms with Crippen LogP contribution in [0.2, 0.25) is 5.02 Å². The molecule has 0 fully saturated rings. The van der Waals surface area contributed by atoms with Gasteiger partial charge in [-0.05, 0) is 77.9 Å². The van der Waals surface area contributed by atoms with Crippen molar-refractivity contribution in [3.63, 3.8) is 0 Å². The van der Waals surface area contributed by atoms with Crippen molar-refractivity contribution in [1.82, 2.24) is 20.2 Å². The number of halogens is 1. The fourth-order valence-electron chi connectivity index (χ4n) is 3.48. The van der Waals surface area contributed by atoms with E-state index in [9.17, 15) is 4.79 Å². The predicted molar refractivity (Wildman–Crippen MR) is 129 cm³/mol. The summed E-state index contributed by atoms with van der Waals surface area (Å²) in [6, 6.07) is 19.6. The molecule has 0 radical (unpaired) electrons. The Bertz CT molecular complexity index is 1340. The van der Waals surface area contributed by atoms with E-state index in [0.29, 0.717) is 10.2 Å². The number of para-hydroxylation sites is 1. The monoisotopic (exact) mass is 479 g/mol. The van der Waals surface area contributed by atoms with Gasteiger partial charge in [0.1, 0.15) is 0 Å². The van der Waals surface area contributed by atoms with Gasteiger partial charge in [0.15, 0.2) is 0 Å². The van der Waals surface area contributed by atoms with Crippen molar-refractivity contribution in [3.8, 4) is 5.69 Å². The number of aromatic nitrogens is 4. The highest BCUT2D eigenvalue weighted by atomic mass is 35.5. The average Bonchev–Trinajstić information content (AvgIpc) is 3.26. The molecule has 5 rings (SSSR count). The number of aryl methyl sites for hydroxylation is 2. The zero-order valence-corrected chi connectivity index (χ0v) is 19.7. The third kappa shape index (κ3) is 3.90. The fourth-order valence-corrected chi connectivity index (χ4v) is 5.42. The van der Waals surface area contributed by atoms with E-state index in [-0.39, 0.29) is 11.7 Å². The van der Waals surface area contributed by atoms with Gasteiger partial charge in [0.2, 0.25) is 11.1 Å². The average molecular weight is 480 g/mol. The third-order valence-corrected chi connectivity index (χ3v) is 7.51. The van der Waals surface area contributed by atoms with Crippen LogP contribution in [0.5, 0.6) is 0 Å². The first-order chi connectivity index (χ1) is 15.5. The van der Waals surface area contributed by atoms with Gasteiger partial charge in [0.05, 0.1) is 22.8 Å². The molecule has 0 unspecified atom stereocenters. The maximum absolute atomic E-state index is 13.5.